The molecule has 0 aromatic heterocycles. The van der Waals surface area contributed by atoms with Gasteiger partial charge in [-0.1, -0.05) is 0 Å². The zero-order valence-electron chi connectivity index (χ0n) is 6.06. The van der Waals surface area contributed by atoms with Crippen LogP contribution in [0.3, 0.4) is 0 Å². The molecule has 2 unspecified atom stereocenters. The largest absolute Gasteiger partial charge is 0.369 e. The van der Waals surface area contributed by atoms with Gasteiger partial charge in [0, 0.05) is 0 Å². The summed E-state index contributed by atoms with van der Waals surface area (Å²) in [5, 5.41) is 0. The van der Waals surface area contributed by atoms with Crippen LogP contribution < -0.4 is 5.73 Å². The third-order valence-corrected chi connectivity index (χ3v) is 1.80. The molecule has 0 spiro atoms. The second-order valence-corrected chi connectivity index (χ2v) is 2.54. The van der Waals surface area contributed by atoms with E-state index < -0.39 is 17.9 Å². The Morgan fingerprint density at radius 3 is 2.91 bits per heavy atom. The molecule has 4 heteroatoms. The van der Waals surface area contributed by atoms with Gasteiger partial charge >= 0.3 is 0 Å². The average molecular weight is 154 g/mol. The van der Waals surface area contributed by atoms with E-state index in [9.17, 15) is 9.59 Å². The molecular formula is C7H10N2O2. The van der Waals surface area contributed by atoms with E-state index in [1.165, 1.54) is 0 Å². The number of carbonyl (C=O) groups excluding carboxylic acids is 2. The topological polar surface area (TPSA) is 72.5 Å². The fourth-order valence-corrected chi connectivity index (χ4v) is 1.17. The van der Waals surface area contributed by atoms with Crippen molar-refractivity contribution in [1.29, 1.82) is 0 Å². The fraction of sp³-hybridized carbons (Fsp3) is 0.571. The van der Waals surface area contributed by atoms with Gasteiger partial charge in [0.05, 0.1) is 5.92 Å². The number of hydrogen-bond acceptors (Lipinski definition) is 3. The van der Waals surface area contributed by atoms with E-state index in [1.54, 1.807) is 6.21 Å². The monoisotopic (exact) mass is 154 g/mol. The normalized spacial score (nSPS) is 29.8. The molecule has 1 amide bonds. The molecule has 0 aromatic rings. The summed E-state index contributed by atoms with van der Waals surface area (Å²) in [6.07, 6.45) is 3.71. The van der Waals surface area contributed by atoms with Crippen LogP contribution in [-0.2, 0) is 9.59 Å². The predicted molar refractivity (Wildman–Crippen MR) is 40.3 cm³/mol. The molecule has 0 radical (unpaired) electrons. The maximum Gasteiger partial charge on any atom is 0.223 e. The second kappa shape index (κ2) is 3.27. The van der Waals surface area contributed by atoms with Crippen LogP contribution in [0.5, 0.6) is 0 Å². The number of nitrogens with two attached hydrogens (primary N) is 1. The van der Waals surface area contributed by atoms with Crippen molar-refractivity contribution >= 4 is 18.4 Å². The lowest BCUT2D eigenvalue weighted by Gasteiger charge is -2.18. The predicted octanol–water partition coefficient (Wildman–Crippen LogP) is -0.480. The first-order chi connectivity index (χ1) is 5.25. The van der Waals surface area contributed by atoms with Crippen molar-refractivity contribution in [2.45, 2.75) is 18.9 Å². The molecule has 1 aliphatic heterocycles. The van der Waals surface area contributed by atoms with Crippen LogP contribution in [0.15, 0.2) is 4.99 Å². The Balaban J connectivity index is 2.70. The molecule has 60 valence electrons. The SMILES string of the molecule is NC(=O)C1CCC=NC1C=O. The molecule has 0 saturated carbocycles. The van der Waals surface area contributed by atoms with Gasteiger partial charge < -0.3 is 10.5 Å². The first-order valence-corrected chi connectivity index (χ1v) is 3.52. The molecule has 4 nitrogen and oxygen atoms in total. The maximum absolute atomic E-state index is 10.7. The minimum Gasteiger partial charge on any atom is -0.369 e. The molecule has 11 heavy (non-hydrogen) atoms. The number of hydrogen-bond donors (Lipinski definition) is 1. The number of aliphatic imine (C=N–C) groups is 1. The highest BCUT2D eigenvalue weighted by Crippen LogP contribution is 2.16. The van der Waals surface area contributed by atoms with Crippen LogP contribution in [-0.4, -0.2) is 24.4 Å². The summed E-state index contributed by atoms with van der Waals surface area (Å²) in [5.41, 5.74) is 5.06. The van der Waals surface area contributed by atoms with Crippen molar-refractivity contribution < 1.29 is 9.59 Å². The standard InChI is InChI=1S/C7H10N2O2/c8-7(11)5-2-1-3-9-6(5)4-10/h3-6H,1-2H2,(H2,8,11). The van der Waals surface area contributed by atoms with Gasteiger partial charge in [-0.15, -0.1) is 0 Å². The van der Waals surface area contributed by atoms with Crippen molar-refractivity contribution in [1.82, 2.24) is 0 Å². The minimum atomic E-state index is -0.541. The van der Waals surface area contributed by atoms with Gasteiger partial charge in [-0.25, -0.2) is 0 Å². The molecule has 2 N–H and O–H groups in total. The Bertz CT molecular complexity index is 201. The first kappa shape index (κ1) is 7.91. The van der Waals surface area contributed by atoms with Crippen molar-refractivity contribution in [2.75, 3.05) is 0 Å². The van der Waals surface area contributed by atoms with Gasteiger partial charge in [-0.2, -0.15) is 0 Å². The smallest absolute Gasteiger partial charge is 0.223 e. The summed E-state index contributed by atoms with van der Waals surface area (Å²) >= 11 is 0. The Kier molecular flexibility index (Phi) is 2.36. The molecule has 1 aliphatic rings. The van der Waals surface area contributed by atoms with Crippen LogP contribution in [0.1, 0.15) is 12.8 Å². The number of rotatable bonds is 2. The number of amides is 1. The summed E-state index contributed by atoms with van der Waals surface area (Å²) in [5.74, 6) is -0.823. The minimum absolute atomic E-state index is 0.391. The Morgan fingerprint density at radius 1 is 1.73 bits per heavy atom. The Hall–Kier alpha value is -1.19. The highest BCUT2D eigenvalue weighted by atomic mass is 16.1. The van der Waals surface area contributed by atoms with Gasteiger partial charge in [-0.05, 0) is 19.1 Å². The van der Waals surface area contributed by atoms with Gasteiger partial charge in [0.15, 0.2) is 0 Å². The lowest BCUT2D eigenvalue weighted by molar-refractivity contribution is -0.125. The fourth-order valence-electron chi connectivity index (χ4n) is 1.17. The van der Waals surface area contributed by atoms with Gasteiger partial charge in [0.1, 0.15) is 12.3 Å². The molecule has 1 heterocycles. The van der Waals surface area contributed by atoms with Crippen LogP contribution in [0, 0.1) is 5.92 Å². The van der Waals surface area contributed by atoms with Crippen LogP contribution >= 0.6 is 0 Å². The van der Waals surface area contributed by atoms with E-state index in [1.807, 2.05) is 0 Å². The average Bonchev–Trinajstić information content (AvgIpc) is 2.04. The highest BCUT2D eigenvalue weighted by Gasteiger charge is 2.26. The molecular weight excluding hydrogens is 144 g/mol. The number of aldehydes is 1. The maximum atomic E-state index is 10.7. The van der Waals surface area contributed by atoms with Crippen LogP contribution in [0.25, 0.3) is 0 Å². The van der Waals surface area contributed by atoms with Crippen molar-refractivity contribution in [3.8, 4) is 0 Å². The van der Waals surface area contributed by atoms with Crippen molar-refractivity contribution in [2.24, 2.45) is 16.6 Å². The van der Waals surface area contributed by atoms with E-state index in [2.05, 4.69) is 4.99 Å². The highest BCUT2D eigenvalue weighted by molar-refractivity contribution is 5.83. The molecule has 0 aromatic carbocycles. The number of carbonyl (C=O) groups is 2. The van der Waals surface area contributed by atoms with Crippen LogP contribution in [0.4, 0.5) is 0 Å². The van der Waals surface area contributed by atoms with Gasteiger partial charge in [-0.3, -0.25) is 9.79 Å². The number of primary amides is 1. The molecule has 0 fully saturated rings. The third-order valence-electron chi connectivity index (χ3n) is 1.80. The van der Waals surface area contributed by atoms with Gasteiger partial charge in [0.2, 0.25) is 5.91 Å². The molecule has 0 bridgehead atoms. The lowest BCUT2D eigenvalue weighted by Crippen LogP contribution is -2.35. The zero-order chi connectivity index (χ0) is 8.27. The quantitative estimate of drug-likeness (QED) is 0.545. The second-order valence-electron chi connectivity index (χ2n) is 2.54. The van der Waals surface area contributed by atoms with E-state index in [-0.39, 0.29) is 0 Å². The molecule has 0 saturated heterocycles. The first-order valence-electron chi connectivity index (χ1n) is 3.52. The summed E-state index contributed by atoms with van der Waals surface area (Å²) < 4.78 is 0. The molecule has 2 atom stereocenters. The summed E-state index contributed by atoms with van der Waals surface area (Å²) in [6.45, 7) is 0. The van der Waals surface area contributed by atoms with Crippen LogP contribution in [0.2, 0.25) is 0 Å². The van der Waals surface area contributed by atoms with E-state index in [4.69, 9.17) is 5.73 Å². The Morgan fingerprint density at radius 2 is 2.45 bits per heavy atom. The van der Waals surface area contributed by atoms with Crippen molar-refractivity contribution in [3.05, 3.63) is 0 Å². The molecule has 0 aliphatic carbocycles. The zero-order valence-corrected chi connectivity index (χ0v) is 6.06. The van der Waals surface area contributed by atoms with E-state index >= 15 is 0 Å². The third kappa shape index (κ3) is 1.63. The van der Waals surface area contributed by atoms with E-state index in [0.717, 1.165) is 6.42 Å². The molecule has 1 rings (SSSR count). The Labute approximate surface area is 64.5 Å². The van der Waals surface area contributed by atoms with E-state index in [0.29, 0.717) is 12.7 Å². The summed E-state index contributed by atoms with van der Waals surface area (Å²) in [7, 11) is 0. The number of nitrogens with zero attached hydrogens (tertiary/aromatic N) is 1. The lowest BCUT2D eigenvalue weighted by atomic mass is 9.93. The summed E-state index contributed by atoms with van der Waals surface area (Å²) in [4.78, 5) is 24.9. The summed E-state index contributed by atoms with van der Waals surface area (Å²) in [6, 6.07) is -0.541. The van der Waals surface area contributed by atoms with Gasteiger partial charge in [0.25, 0.3) is 0 Å². The van der Waals surface area contributed by atoms with Crippen molar-refractivity contribution in [3.63, 3.8) is 0 Å².